The van der Waals surface area contributed by atoms with E-state index in [2.05, 4.69) is 4.90 Å². The number of fused-ring (bicyclic) bond motifs is 3. The van der Waals surface area contributed by atoms with Crippen LogP contribution in [0.3, 0.4) is 0 Å². The van der Waals surface area contributed by atoms with Gasteiger partial charge in [0.15, 0.2) is 0 Å². The molecule has 3 saturated heterocycles. The van der Waals surface area contributed by atoms with Gasteiger partial charge in [-0.3, -0.25) is 24.6 Å². The molecule has 4 heterocycles. The van der Waals surface area contributed by atoms with Crippen molar-refractivity contribution in [1.82, 2.24) is 9.80 Å². The molecule has 132 valence electrons. The van der Waals surface area contributed by atoms with E-state index < -0.39 is 4.92 Å². The van der Waals surface area contributed by atoms with E-state index in [-0.39, 0.29) is 23.5 Å². The average Bonchev–Trinajstić information content (AvgIpc) is 2.66. The second kappa shape index (κ2) is 5.35. The highest BCUT2D eigenvalue weighted by molar-refractivity contribution is 6.26. The Hall–Kier alpha value is -2.80. The van der Waals surface area contributed by atoms with Crippen LogP contribution in [0.25, 0.3) is 10.8 Å². The standard InChI is InChI=1S/C19H17N3O4/c23-18-13-3-1-2-12-15(22(25)26)5-4-14(17(12)13)19(24)21(18)16-10-20-8-6-11(16)7-9-20/h1-5,11,16H,6-10H2/t16-/m1/s1. The number of hydrogen-bond donors (Lipinski definition) is 0. The van der Waals surface area contributed by atoms with Gasteiger partial charge in [0.25, 0.3) is 17.5 Å². The van der Waals surface area contributed by atoms with Gasteiger partial charge in [-0.2, -0.15) is 0 Å². The molecule has 26 heavy (non-hydrogen) atoms. The molecule has 7 nitrogen and oxygen atoms in total. The van der Waals surface area contributed by atoms with Gasteiger partial charge in [-0.25, -0.2) is 0 Å². The molecule has 2 amide bonds. The molecule has 6 rings (SSSR count). The third-order valence-electron chi connectivity index (χ3n) is 6.07. The Morgan fingerprint density at radius 1 is 1.00 bits per heavy atom. The lowest BCUT2D eigenvalue weighted by Crippen LogP contribution is -2.60. The monoisotopic (exact) mass is 351 g/mol. The van der Waals surface area contributed by atoms with Gasteiger partial charge >= 0.3 is 0 Å². The number of nitro groups is 1. The Morgan fingerprint density at radius 2 is 1.69 bits per heavy atom. The zero-order chi connectivity index (χ0) is 18.0. The molecule has 4 aliphatic heterocycles. The smallest absolute Gasteiger partial charge is 0.277 e. The van der Waals surface area contributed by atoms with Crippen molar-refractivity contribution in [3.63, 3.8) is 0 Å². The molecule has 3 fully saturated rings. The lowest BCUT2D eigenvalue weighted by molar-refractivity contribution is -0.383. The van der Waals surface area contributed by atoms with Crippen LogP contribution >= 0.6 is 0 Å². The zero-order valence-electron chi connectivity index (χ0n) is 14.1. The lowest BCUT2D eigenvalue weighted by Gasteiger charge is -2.48. The van der Waals surface area contributed by atoms with Crippen LogP contribution < -0.4 is 0 Å². The van der Waals surface area contributed by atoms with Crippen molar-refractivity contribution < 1.29 is 14.5 Å². The first-order valence-electron chi connectivity index (χ1n) is 8.86. The van der Waals surface area contributed by atoms with Gasteiger partial charge < -0.3 is 4.90 Å². The number of piperidine rings is 3. The maximum atomic E-state index is 13.2. The summed E-state index contributed by atoms with van der Waals surface area (Å²) in [4.78, 5) is 40.9. The normalized spacial score (nSPS) is 27.2. The number of amides is 2. The van der Waals surface area contributed by atoms with Crippen LogP contribution in [0.15, 0.2) is 30.3 Å². The van der Waals surface area contributed by atoms with Crippen LogP contribution in [0.1, 0.15) is 33.6 Å². The molecule has 2 bridgehead atoms. The van der Waals surface area contributed by atoms with E-state index >= 15 is 0 Å². The molecule has 0 N–H and O–H groups in total. The Morgan fingerprint density at radius 3 is 2.31 bits per heavy atom. The molecule has 4 aliphatic rings. The van der Waals surface area contributed by atoms with Gasteiger partial charge in [0, 0.05) is 29.1 Å². The molecule has 0 radical (unpaired) electrons. The second-order valence-electron chi connectivity index (χ2n) is 7.30. The van der Waals surface area contributed by atoms with Gasteiger partial charge in [-0.1, -0.05) is 6.07 Å². The average molecular weight is 351 g/mol. The van der Waals surface area contributed by atoms with Crippen LogP contribution in [0.4, 0.5) is 5.69 Å². The largest absolute Gasteiger partial charge is 0.301 e. The molecule has 0 unspecified atom stereocenters. The molecule has 2 aromatic rings. The lowest BCUT2D eigenvalue weighted by atomic mass is 9.81. The van der Waals surface area contributed by atoms with Crippen molar-refractivity contribution in [2.24, 2.45) is 5.92 Å². The summed E-state index contributed by atoms with van der Waals surface area (Å²) in [5.74, 6) is -0.314. The summed E-state index contributed by atoms with van der Waals surface area (Å²) in [6.07, 6.45) is 2.00. The number of nitro benzene ring substituents is 1. The SMILES string of the molecule is O=C1c2cccc3c([N+](=O)[O-])ccc(c23)C(=O)N1[C@@H]1CN2CCC1CC2. The molecule has 1 atom stereocenters. The molecule has 0 spiro atoms. The highest BCUT2D eigenvalue weighted by atomic mass is 16.6. The topological polar surface area (TPSA) is 83.8 Å². The molecule has 2 aromatic carbocycles. The Balaban J connectivity index is 1.68. The summed E-state index contributed by atoms with van der Waals surface area (Å²) in [5, 5.41) is 12.1. The van der Waals surface area contributed by atoms with E-state index in [0.717, 1.165) is 32.5 Å². The van der Waals surface area contributed by atoms with Crippen molar-refractivity contribution in [1.29, 1.82) is 0 Å². The van der Waals surface area contributed by atoms with Gasteiger partial charge in [0.2, 0.25) is 0 Å². The van der Waals surface area contributed by atoms with Crippen molar-refractivity contribution in [3.05, 3.63) is 51.6 Å². The molecule has 0 saturated carbocycles. The molecule has 0 aromatic heterocycles. The van der Waals surface area contributed by atoms with E-state index in [9.17, 15) is 19.7 Å². The predicted octanol–water partition coefficient (Wildman–Crippen LogP) is 2.44. The summed E-state index contributed by atoms with van der Waals surface area (Å²) >= 11 is 0. The van der Waals surface area contributed by atoms with Crippen LogP contribution in [0.2, 0.25) is 0 Å². The summed E-state index contributed by atoms with van der Waals surface area (Å²) in [5.41, 5.74) is 0.692. The first kappa shape index (κ1) is 15.5. The van der Waals surface area contributed by atoms with Gasteiger partial charge in [-0.05, 0) is 50.0 Å². The van der Waals surface area contributed by atoms with Gasteiger partial charge in [0.1, 0.15) is 0 Å². The number of imide groups is 1. The molecule has 7 heteroatoms. The number of rotatable bonds is 2. The number of hydrogen-bond acceptors (Lipinski definition) is 5. The van der Waals surface area contributed by atoms with E-state index in [1.165, 1.54) is 17.0 Å². The number of carbonyl (C=O) groups is 2. The number of non-ortho nitro benzene ring substituents is 1. The maximum absolute atomic E-state index is 13.2. The van der Waals surface area contributed by atoms with E-state index in [0.29, 0.717) is 27.8 Å². The fourth-order valence-electron chi connectivity index (χ4n) is 4.79. The Bertz CT molecular complexity index is 956. The third kappa shape index (κ3) is 1.97. The van der Waals surface area contributed by atoms with Crippen LogP contribution in [0.5, 0.6) is 0 Å². The Kier molecular flexibility index (Phi) is 3.18. The highest BCUT2D eigenvalue weighted by Gasteiger charge is 2.45. The van der Waals surface area contributed by atoms with Crippen LogP contribution in [-0.2, 0) is 0 Å². The summed E-state index contributed by atoms with van der Waals surface area (Å²) < 4.78 is 0. The van der Waals surface area contributed by atoms with E-state index in [1.807, 2.05) is 0 Å². The number of benzene rings is 2. The van der Waals surface area contributed by atoms with Gasteiger partial charge in [-0.15, -0.1) is 0 Å². The molecule has 0 aliphatic carbocycles. The fraction of sp³-hybridized carbons (Fsp3) is 0.368. The maximum Gasteiger partial charge on any atom is 0.277 e. The summed E-state index contributed by atoms with van der Waals surface area (Å²) in [6, 6.07) is 7.66. The van der Waals surface area contributed by atoms with Crippen molar-refractivity contribution in [2.75, 3.05) is 19.6 Å². The van der Waals surface area contributed by atoms with Crippen LogP contribution in [0, 0.1) is 16.0 Å². The van der Waals surface area contributed by atoms with Gasteiger partial charge in [0.05, 0.1) is 16.4 Å². The third-order valence-corrected chi connectivity index (χ3v) is 6.07. The Labute approximate surface area is 149 Å². The highest BCUT2D eigenvalue weighted by Crippen LogP contribution is 2.39. The zero-order valence-corrected chi connectivity index (χ0v) is 14.1. The van der Waals surface area contributed by atoms with E-state index in [1.54, 1.807) is 18.2 Å². The first-order valence-corrected chi connectivity index (χ1v) is 8.86. The predicted molar refractivity (Wildman–Crippen MR) is 94.1 cm³/mol. The molecular formula is C19H17N3O4. The van der Waals surface area contributed by atoms with Crippen molar-refractivity contribution in [3.8, 4) is 0 Å². The quantitative estimate of drug-likeness (QED) is 0.471. The minimum atomic E-state index is -0.475. The van der Waals surface area contributed by atoms with E-state index in [4.69, 9.17) is 0 Å². The molecular weight excluding hydrogens is 334 g/mol. The minimum Gasteiger partial charge on any atom is -0.301 e. The van der Waals surface area contributed by atoms with Crippen molar-refractivity contribution >= 4 is 28.3 Å². The fourth-order valence-corrected chi connectivity index (χ4v) is 4.79. The number of nitrogens with zero attached hydrogens (tertiary/aromatic N) is 3. The van der Waals surface area contributed by atoms with Crippen LogP contribution in [-0.4, -0.2) is 52.2 Å². The number of carbonyl (C=O) groups excluding carboxylic acids is 2. The summed E-state index contributed by atoms with van der Waals surface area (Å²) in [6.45, 7) is 2.77. The summed E-state index contributed by atoms with van der Waals surface area (Å²) in [7, 11) is 0. The second-order valence-corrected chi connectivity index (χ2v) is 7.30. The minimum absolute atomic E-state index is 0.0810. The van der Waals surface area contributed by atoms with Crippen molar-refractivity contribution in [2.45, 2.75) is 18.9 Å². The first-order chi connectivity index (χ1) is 12.6.